The molecule has 0 radical (unpaired) electrons. The van der Waals surface area contributed by atoms with E-state index < -0.39 is 0 Å². The van der Waals surface area contributed by atoms with Gasteiger partial charge in [-0.25, -0.2) is 0 Å². The molecular formula is C15H13BrN2O2. The van der Waals surface area contributed by atoms with Crippen molar-refractivity contribution >= 4 is 39.0 Å². The average molecular weight is 333 g/mol. The van der Waals surface area contributed by atoms with E-state index in [1.165, 1.54) is 6.92 Å². The molecule has 20 heavy (non-hydrogen) atoms. The maximum Gasteiger partial charge on any atom is 0.256 e. The fourth-order valence-corrected chi connectivity index (χ4v) is 2.16. The van der Waals surface area contributed by atoms with Crippen molar-refractivity contribution < 1.29 is 9.59 Å². The second-order valence-corrected chi connectivity index (χ2v) is 5.18. The predicted molar refractivity (Wildman–Crippen MR) is 83.0 cm³/mol. The highest BCUT2D eigenvalue weighted by molar-refractivity contribution is 9.10. The van der Waals surface area contributed by atoms with Crippen molar-refractivity contribution in [3.8, 4) is 0 Å². The lowest BCUT2D eigenvalue weighted by Crippen LogP contribution is -2.13. The van der Waals surface area contributed by atoms with Crippen LogP contribution in [-0.2, 0) is 0 Å². The molecule has 5 heteroatoms. The summed E-state index contributed by atoms with van der Waals surface area (Å²) >= 11 is 3.31. The molecule has 102 valence electrons. The number of amides is 1. The Morgan fingerprint density at radius 3 is 2.60 bits per heavy atom. The number of Topliss-reactive ketones (excluding diaryl/α,β-unsaturated/α-hetero) is 1. The quantitative estimate of drug-likeness (QED) is 0.667. The van der Waals surface area contributed by atoms with Gasteiger partial charge < -0.3 is 11.1 Å². The van der Waals surface area contributed by atoms with Gasteiger partial charge in [0.05, 0.1) is 5.56 Å². The Hall–Kier alpha value is -2.14. The van der Waals surface area contributed by atoms with E-state index in [-0.39, 0.29) is 11.7 Å². The summed E-state index contributed by atoms with van der Waals surface area (Å²) in [6.45, 7) is 1.48. The molecule has 0 aliphatic rings. The Morgan fingerprint density at radius 2 is 1.90 bits per heavy atom. The highest BCUT2D eigenvalue weighted by Gasteiger charge is 2.11. The van der Waals surface area contributed by atoms with Crippen LogP contribution in [-0.4, -0.2) is 11.7 Å². The summed E-state index contributed by atoms with van der Waals surface area (Å²) in [4.78, 5) is 23.5. The number of anilines is 2. The van der Waals surface area contributed by atoms with E-state index in [4.69, 9.17) is 5.73 Å². The average Bonchev–Trinajstić information content (AvgIpc) is 2.41. The van der Waals surface area contributed by atoms with Gasteiger partial charge >= 0.3 is 0 Å². The van der Waals surface area contributed by atoms with Crippen molar-refractivity contribution in [3.63, 3.8) is 0 Å². The highest BCUT2D eigenvalue weighted by atomic mass is 79.9. The van der Waals surface area contributed by atoms with Crippen molar-refractivity contribution in [1.82, 2.24) is 0 Å². The largest absolute Gasteiger partial charge is 0.399 e. The third kappa shape index (κ3) is 3.24. The summed E-state index contributed by atoms with van der Waals surface area (Å²) in [6.07, 6.45) is 0. The molecule has 0 unspecified atom stereocenters. The fourth-order valence-electron chi connectivity index (χ4n) is 1.73. The van der Waals surface area contributed by atoms with E-state index in [0.717, 1.165) is 0 Å². The summed E-state index contributed by atoms with van der Waals surface area (Å²) in [7, 11) is 0. The first-order chi connectivity index (χ1) is 9.47. The van der Waals surface area contributed by atoms with Crippen LogP contribution < -0.4 is 11.1 Å². The van der Waals surface area contributed by atoms with Gasteiger partial charge in [-0.2, -0.15) is 0 Å². The van der Waals surface area contributed by atoms with Gasteiger partial charge in [0.25, 0.3) is 5.91 Å². The second kappa shape index (κ2) is 5.88. The summed E-state index contributed by atoms with van der Waals surface area (Å²) in [6, 6.07) is 11.8. The van der Waals surface area contributed by atoms with E-state index in [0.29, 0.717) is 27.0 Å². The van der Waals surface area contributed by atoms with E-state index in [2.05, 4.69) is 21.2 Å². The van der Waals surface area contributed by atoms with Crippen LogP contribution in [0.25, 0.3) is 0 Å². The number of benzene rings is 2. The van der Waals surface area contributed by atoms with Crippen molar-refractivity contribution in [1.29, 1.82) is 0 Å². The van der Waals surface area contributed by atoms with Crippen molar-refractivity contribution in [3.05, 3.63) is 58.1 Å². The van der Waals surface area contributed by atoms with Crippen molar-refractivity contribution in [2.24, 2.45) is 0 Å². The minimum Gasteiger partial charge on any atom is -0.399 e. The molecule has 0 atom stereocenters. The number of hydrogen-bond acceptors (Lipinski definition) is 3. The lowest BCUT2D eigenvalue weighted by molar-refractivity contribution is 0.101. The Kier molecular flexibility index (Phi) is 4.20. The number of rotatable bonds is 3. The minimum atomic E-state index is -0.287. The molecule has 0 aliphatic carbocycles. The van der Waals surface area contributed by atoms with Crippen LogP contribution in [0.4, 0.5) is 11.4 Å². The number of nitrogens with one attached hydrogen (secondary N) is 1. The van der Waals surface area contributed by atoms with E-state index in [9.17, 15) is 9.59 Å². The molecule has 1 amide bonds. The smallest absolute Gasteiger partial charge is 0.256 e. The summed E-state index contributed by atoms with van der Waals surface area (Å²) in [5.74, 6) is -0.337. The number of nitrogen functional groups attached to an aromatic ring is 1. The number of ketones is 1. The molecule has 0 heterocycles. The number of halogens is 1. The third-order valence-corrected chi connectivity index (χ3v) is 3.45. The molecule has 0 aliphatic heterocycles. The van der Waals surface area contributed by atoms with Crippen molar-refractivity contribution in [2.75, 3.05) is 11.1 Å². The van der Waals surface area contributed by atoms with Gasteiger partial charge in [-0.05, 0) is 53.2 Å². The van der Waals surface area contributed by atoms with Crippen molar-refractivity contribution in [2.45, 2.75) is 6.92 Å². The van der Waals surface area contributed by atoms with E-state index in [1.54, 1.807) is 42.5 Å². The van der Waals surface area contributed by atoms with Crippen LogP contribution in [0.3, 0.4) is 0 Å². The first kappa shape index (κ1) is 14.3. The second-order valence-electron chi connectivity index (χ2n) is 4.33. The zero-order chi connectivity index (χ0) is 14.7. The standard InChI is InChI=1S/C15H13BrN2O2/c1-9(19)10-3-2-4-12(7-10)18-15(20)13-8-11(17)5-6-14(13)16/h2-8H,17H2,1H3,(H,18,20). The molecule has 0 spiro atoms. The zero-order valence-corrected chi connectivity index (χ0v) is 12.4. The lowest BCUT2D eigenvalue weighted by atomic mass is 10.1. The Balaban J connectivity index is 2.25. The monoisotopic (exact) mass is 332 g/mol. The van der Waals surface area contributed by atoms with Gasteiger partial charge in [0.1, 0.15) is 0 Å². The molecule has 3 N–H and O–H groups in total. The molecule has 0 fully saturated rings. The van der Waals surface area contributed by atoms with Gasteiger partial charge in [-0.3, -0.25) is 9.59 Å². The maximum atomic E-state index is 12.2. The first-order valence-corrected chi connectivity index (χ1v) is 6.74. The minimum absolute atomic E-state index is 0.0498. The van der Waals surface area contributed by atoms with Gasteiger partial charge in [-0.1, -0.05) is 12.1 Å². The fraction of sp³-hybridized carbons (Fsp3) is 0.0667. The molecule has 0 saturated heterocycles. The molecule has 2 aromatic carbocycles. The third-order valence-electron chi connectivity index (χ3n) is 2.76. The van der Waals surface area contributed by atoms with Crippen LogP contribution in [0.5, 0.6) is 0 Å². The SMILES string of the molecule is CC(=O)c1cccc(NC(=O)c2cc(N)ccc2Br)c1. The molecule has 0 saturated carbocycles. The van der Waals surface area contributed by atoms with Gasteiger partial charge in [-0.15, -0.1) is 0 Å². The summed E-state index contributed by atoms with van der Waals surface area (Å²) < 4.78 is 0.659. The van der Waals surface area contributed by atoms with Gasteiger partial charge in [0.15, 0.2) is 5.78 Å². The van der Waals surface area contributed by atoms with Crippen LogP contribution in [0.1, 0.15) is 27.6 Å². The number of carbonyl (C=O) groups excluding carboxylic acids is 2. The Bertz CT molecular complexity index is 683. The van der Waals surface area contributed by atoms with Crippen LogP contribution in [0, 0.1) is 0 Å². The molecule has 0 bridgehead atoms. The topological polar surface area (TPSA) is 72.2 Å². The zero-order valence-electron chi connectivity index (χ0n) is 10.8. The van der Waals surface area contributed by atoms with Crippen LogP contribution >= 0.6 is 15.9 Å². The molecule has 4 nitrogen and oxygen atoms in total. The van der Waals surface area contributed by atoms with Crippen LogP contribution in [0.2, 0.25) is 0 Å². The first-order valence-electron chi connectivity index (χ1n) is 5.95. The van der Waals surface area contributed by atoms with Gasteiger partial charge in [0, 0.05) is 21.4 Å². The number of carbonyl (C=O) groups is 2. The highest BCUT2D eigenvalue weighted by Crippen LogP contribution is 2.21. The van der Waals surface area contributed by atoms with E-state index >= 15 is 0 Å². The molecule has 0 aromatic heterocycles. The molecule has 2 aromatic rings. The Labute approximate surface area is 125 Å². The number of hydrogen-bond donors (Lipinski definition) is 2. The number of nitrogens with two attached hydrogens (primary N) is 1. The lowest BCUT2D eigenvalue weighted by Gasteiger charge is -2.08. The summed E-state index contributed by atoms with van der Waals surface area (Å²) in [5.41, 5.74) is 7.75. The molecule has 2 rings (SSSR count). The predicted octanol–water partition coefficient (Wildman–Crippen LogP) is 3.49. The maximum absolute atomic E-state index is 12.2. The summed E-state index contributed by atoms with van der Waals surface area (Å²) in [5, 5.41) is 2.74. The van der Waals surface area contributed by atoms with Crippen LogP contribution in [0.15, 0.2) is 46.9 Å². The van der Waals surface area contributed by atoms with Gasteiger partial charge in [0.2, 0.25) is 0 Å². The Morgan fingerprint density at radius 1 is 1.15 bits per heavy atom. The van der Waals surface area contributed by atoms with E-state index in [1.807, 2.05) is 0 Å². The molecular weight excluding hydrogens is 320 g/mol. The normalized spacial score (nSPS) is 10.1.